The molecule has 0 aliphatic rings. The van der Waals surface area contributed by atoms with Crippen molar-refractivity contribution in [2.24, 2.45) is 0 Å². The van der Waals surface area contributed by atoms with Gasteiger partial charge in [-0.05, 0) is 70.1 Å². The van der Waals surface area contributed by atoms with E-state index in [9.17, 15) is 0 Å². The van der Waals surface area contributed by atoms with Crippen LogP contribution in [0.25, 0.3) is 105 Å². The lowest BCUT2D eigenvalue weighted by Gasteiger charge is -2.11. The van der Waals surface area contributed by atoms with Crippen molar-refractivity contribution >= 4 is 65.3 Å². The first kappa shape index (κ1) is 28.8. The summed E-state index contributed by atoms with van der Waals surface area (Å²) < 4.78 is 9.01. The van der Waals surface area contributed by atoms with E-state index < -0.39 is 0 Å². The van der Waals surface area contributed by atoms with Crippen molar-refractivity contribution in [2.45, 2.75) is 0 Å². The molecule has 0 bridgehead atoms. The average Bonchev–Trinajstić information content (AvgIpc) is 3.74. The zero-order chi connectivity index (χ0) is 34.2. The standard InChI is InChI=1S/C48H29N3O/c1-2-12-31(13-3-1)41-29-42(35-22-21-30-11-4-5-14-32(30)25-35)50-48(49-41)39-18-10-20-45-47(39)38-24-23-36(28-46(38)52-45)51-43-19-9-8-17-37(43)40-26-33-15-6-7-16-34(33)27-44(40)51/h1-29H. The lowest BCUT2D eigenvalue weighted by molar-refractivity contribution is 0.668. The molecule has 52 heavy (non-hydrogen) atoms. The topological polar surface area (TPSA) is 43.9 Å². The Morgan fingerprint density at radius 3 is 1.96 bits per heavy atom. The van der Waals surface area contributed by atoms with Crippen molar-refractivity contribution in [1.29, 1.82) is 0 Å². The molecule has 0 N–H and O–H groups in total. The number of benzene rings is 8. The number of furan rings is 1. The highest BCUT2D eigenvalue weighted by Gasteiger charge is 2.19. The van der Waals surface area contributed by atoms with Crippen molar-refractivity contribution in [3.8, 4) is 39.6 Å². The molecule has 242 valence electrons. The summed E-state index contributed by atoms with van der Waals surface area (Å²) in [7, 11) is 0. The van der Waals surface area contributed by atoms with E-state index in [4.69, 9.17) is 14.4 Å². The Kier molecular flexibility index (Phi) is 6.22. The maximum Gasteiger partial charge on any atom is 0.161 e. The van der Waals surface area contributed by atoms with Gasteiger partial charge >= 0.3 is 0 Å². The minimum atomic E-state index is 0.663. The molecule has 0 saturated carbocycles. The molecule has 0 unspecified atom stereocenters. The third kappa shape index (κ3) is 4.48. The van der Waals surface area contributed by atoms with Crippen LogP contribution in [-0.2, 0) is 0 Å². The van der Waals surface area contributed by atoms with E-state index in [0.717, 1.165) is 61.2 Å². The normalized spacial score (nSPS) is 11.8. The molecule has 0 atom stereocenters. The van der Waals surface area contributed by atoms with Gasteiger partial charge in [-0.1, -0.05) is 121 Å². The van der Waals surface area contributed by atoms with Gasteiger partial charge in [0.1, 0.15) is 11.2 Å². The molecule has 0 aliphatic carbocycles. The van der Waals surface area contributed by atoms with E-state index in [1.807, 2.05) is 30.3 Å². The van der Waals surface area contributed by atoms with Gasteiger partial charge in [-0.15, -0.1) is 0 Å². The fourth-order valence-electron chi connectivity index (χ4n) is 7.89. The lowest BCUT2D eigenvalue weighted by Crippen LogP contribution is -1.96. The summed E-state index contributed by atoms with van der Waals surface area (Å²) in [5.41, 5.74) is 9.79. The summed E-state index contributed by atoms with van der Waals surface area (Å²) in [6, 6.07) is 61.9. The third-order valence-electron chi connectivity index (χ3n) is 10.4. The van der Waals surface area contributed by atoms with E-state index >= 15 is 0 Å². The number of rotatable bonds is 4. The summed E-state index contributed by atoms with van der Waals surface area (Å²) in [4.78, 5) is 10.4. The fraction of sp³-hybridized carbons (Fsp3) is 0. The smallest absolute Gasteiger partial charge is 0.161 e. The Hall–Kier alpha value is -7.04. The molecule has 11 rings (SSSR count). The lowest BCUT2D eigenvalue weighted by atomic mass is 10.0. The number of fused-ring (bicyclic) bond motifs is 8. The Balaban J connectivity index is 1.12. The quantitative estimate of drug-likeness (QED) is 0.188. The van der Waals surface area contributed by atoms with Gasteiger partial charge in [0.15, 0.2) is 5.82 Å². The second-order valence-corrected chi connectivity index (χ2v) is 13.4. The summed E-state index contributed by atoms with van der Waals surface area (Å²) in [6.07, 6.45) is 0. The van der Waals surface area contributed by atoms with Crippen LogP contribution < -0.4 is 0 Å². The first-order chi connectivity index (χ1) is 25.7. The van der Waals surface area contributed by atoms with Crippen LogP contribution in [0.15, 0.2) is 180 Å². The Morgan fingerprint density at radius 1 is 0.404 bits per heavy atom. The number of hydrogen-bond acceptors (Lipinski definition) is 3. The van der Waals surface area contributed by atoms with E-state index in [2.05, 4.69) is 150 Å². The largest absolute Gasteiger partial charge is 0.456 e. The zero-order valence-corrected chi connectivity index (χ0v) is 28.0. The summed E-state index contributed by atoms with van der Waals surface area (Å²) in [5, 5.41) is 9.33. The summed E-state index contributed by atoms with van der Waals surface area (Å²) in [5.74, 6) is 0.663. The van der Waals surface area contributed by atoms with Gasteiger partial charge < -0.3 is 8.98 Å². The van der Waals surface area contributed by atoms with Crippen LogP contribution in [0.1, 0.15) is 0 Å². The van der Waals surface area contributed by atoms with Crippen LogP contribution in [0.3, 0.4) is 0 Å². The Morgan fingerprint density at radius 2 is 1.12 bits per heavy atom. The first-order valence-electron chi connectivity index (χ1n) is 17.6. The van der Waals surface area contributed by atoms with Crippen molar-refractivity contribution < 1.29 is 4.42 Å². The first-order valence-corrected chi connectivity index (χ1v) is 17.6. The van der Waals surface area contributed by atoms with Gasteiger partial charge in [0.05, 0.1) is 22.4 Å². The molecule has 4 nitrogen and oxygen atoms in total. The minimum Gasteiger partial charge on any atom is -0.456 e. The highest BCUT2D eigenvalue weighted by atomic mass is 16.3. The molecular weight excluding hydrogens is 635 g/mol. The van der Waals surface area contributed by atoms with Crippen LogP contribution in [0, 0.1) is 0 Å². The van der Waals surface area contributed by atoms with Gasteiger partial charge in [-0.2, -0.15) is 0 Å². The van der Waals surface area contributed by atoms with Gasteiger partial charge in [-0.3, -0.25) is 0 Å². The van der Waals surface area contributed by atoms with Gasteiger partial charge in [-0.25, -0.2) is 9.97 Å². The van der Waals surface area contributed by atoms with Crippen molar-refractivity contribution in [3.63, 3.8) is 0 Å². The van der Waals surface area contributed by atoms with E-state index in [-0.39, 0.29) is 0 Å². The highest BCUT2D eigenvalue weighted by Crippen LogP contribution is 2.40. The molecule has 0 aliphatic heterocycles. The fourth-order valence-corrected chi connectivity index (χ4v) is 7.89. The monoisotopic (exact) mass is 663 g/mol. The summed E-state index contributed by atoms with van der Waals surface area (Å²) >= 11 is 0. The van der Waals surface area contributed by atoms with Crippen LogP contribution in [-0.4, -0.2) is 14.5 Å². The molecule has 0 radical (unpaired) electrons. The van der Waals surface area contributed by atoms with Crippen LogP contribution in [0.4, 0.5) is 0 Å². The second kappa shape index (κ2) is 11.2. The Labute approximate surface area is 298 Å². The minimum absolute atomic E-state index is 0.663. The second-order valence-electron chi connectivity index (χ2n) is 13.4. The van der Waals surface area contributed by atoms with Crippen molar-refractivity contribution in [2.75, 3.05) is 0 Å². The van der Waals surface area contributed by atoms with E-state index in [1.165, 1.54) is 37.8 Å². The van der Waals surface area contributed by atoms with Crippen molar-refractivity contribution in [1.82, 2.24) is 14.5 Å². The van der Waals surface area contributed by atoms with Crippen LogP contribution in [0.5, 0.6) is 0 Å². The molecule has 0 spiro atoms. The Bertz CT molecular complexity index is 3190. The predicted octanol–water partition coefficient (Wildman–Crippen LogP) is 12.8. The molecule has 0 fully saturated rings. The predicted molar refractivity (Wildman–Crippen MR) is 215 cm³/mol. The molecule has 11 aromatic rings. The van der Waals surface area contributed by atoms with Gasteiger partial charge in [0.2, 0.25) is 0 Å². The molecule has 3 heterocycles. The SMILES string of the molecule is c1ccc(-c2cc(-c3ccc4ccccc4c3)nc(-c3cccc4oc5cc(-n6c7ccccc7c7cc8ccccc8cc76)ccc5c34)n2)cc1. The average molecular weight is 664 g/mol. The molecule has 8 aromatic carbocycles. The van der Waals surface area contributed by atoms with Crippen LogP contribution in [0.2, 0.25) is 0 Å². The zero-order valence-electron chi connectivity index (χ0n) is 28.0. The third-order valence-corrected chi connectivity index (χ3v) is 10.4. The number of aromatic nitrogens is 3. The molecule has 0 saturated heterocycles. The summed E-state index contributed by atoms with van der Waals surface area (Å²) in [6.45, 7) is 0. The molecular formula is C48H29N3O. The van der Waals surface area contributed by atoms with Crippen LogP contribution >= 0.6 is 0 Å². The molecule has 0 amide bonds. The van der Waals surface area contributed by atoms with E-state index in [1.54, 1.807) is 0 Å². The van der Waals surface area contributed by atoms with E-state index in [0.29, 0.717) is 5.82 Å². The van der Waals surface area contributed by atoms with Gasteiger partial charge in [0, 0.05) is 50.0 Å². The van der Waals surface area contributed by atoms with Gasteiger partial charge in [0.25, 0.3) is 0 Å². The molecule has 4 heteroatoms. The number of hydrogen-bond donors (Lipinski definition) is 0. The van der Waals surface area contributed by atoms with Crippen molar-refractivity contribution in [3.05, 3.63) is 176 Å². The highest BCUT2D eigenvalue weighted by molar-refractivity contribution is 6.15. The maximum absolute atomic E-state index is 6.66. The molecule has 3 aromatic heterocycles. The number of para-hydroxylation sites is 1. The maximum atomic E-state index is 6.66. The number of nitrogens with zero attached hydrogens (tertiary/aromatic N) is 3.